The van der Waals surface area contributed by atoms with E-state index in [1.165, 1.54) is 0 Å². The van der Waals surface area contributed by atoms with Crippen molar-refractivity contribution in [2.45, 2.75) is 39.2 Å². The number of hydrogen-bond donors (Lipinski definition) is 1. The van der Waals surface area contributed by atoms with E-state index in [-0.39, 0.29) is 0 Å². The van der Waals surface area contributed by atoms with Crippen LogP contribution in [0.3, 0.4) is 0 Å². The Labute approximate surface area is 620 Å². The largest absolute Gasteiger partial charge is 0.377 e. The molecule has 0 rings (SSSR count). The van der Waals surface area contributed by atoms with Gasteiger partial charge >= 0.3 is 17.9 Å². The molecule has 0 aliphatic heterocycles. The molecular formula is C99H14O7. The van der Waals surface area contributed by atoms with Gasteiger partial charge in [-0.1, -0.05) is 17.8 Å². The fourth-order valence-electron chi connectivity index (χ4n) is 3.79. The Bertz CT molecular complexity index is 6700. The van der Waals surface area contributed by atoms with E-state index in [1.54, 1.807) is 20.8 Å². The second-order valence-corrected chi connectivity index (χ2v) is 14.3. The van der Waals surface area contributed by atoms with Gasteiger partial charge in [-0.25, -0.2) is 4.79 Å². The summed E-state index contributed by atoms with van der Waals surface area (Å²) >= 11 is 0. The van der Waals surface area contributed by atoms with Gasteiger partial charge in [0.2, 0.25) is 0 Å². The molecule has 1 N–H and O–H groups in total. The van der Waals surface area contributed by atoms with E-state index in [0.29, 0.717) is 0 Å². The van der Waals surface area contributed by atoms with E-state index in [0.717, 1.165) is 0 Å². The molecule has 0 aliphatic rings. The van der Waals surface area contributed by atoms with Crippen LogP contribution < -0.4 is 0 Å². The van der Waals surface area contributed by atoms with Crippen molar-refractivity contribution in [1.82, 2.24) is 0 Å². The van der Waals surface area contributed by atoms with Gasteiger partial charge in [0.25, 0.3) is 0 Å². The SMILES string of the molecule is CC#CC#CC#CC#CC#CC#CC#CC#CC#CC#CC#CC#CC#CC#CC#COC(=O)CC(O)(CC(=O)OC#CC#CC#CC#CC#CC#CC#CC#CC#CC#CC#CC#CC#CC#CC#CC)C(=O)OC#CC#CC#CC#CC#CC#CC#CC#CC#CC#CC#CC#CC#CC#CC#CC. The fraction of sp³-hybridized carbons (Fsp3) is 0.0606. The van der Waals surface area contributed by atoms with Crippen LogP contribution >= 0.6 is 0 Å². The van der Waals surface area contributed by atoms with Crippen molar-refractivity contribution < 1.29 is 33.7 Å². The van der Waals surface area contributed by atoms with Crippen LogP contribution in [0.25, 0.3) is 0 Å². The number of hydrogen-bond acceptors (Lipinski definition) is 7. The first-order valence-corrected chi connectivity index (χ1v) is 27.0. The lowest BCUT2D eigenvalue weighted by Gasteiger charge is -2.21. The van der Waals surface area contributed by atoms with E-state index in [1.807, 2.05) is 18.3 Å². The van der Waals surface area contributed by atoms with Crippen molar-refractivity contribution in [2.24, 2.45) is 0 Å². The van der Waals surface area contributed by atoms with Gasteiger partial charge in [-0.15, -0.1) is 0 Å². The van der Waals surface area contributed by atoms with E-state index in [2.05, 4.69) is 515 Å². The van der Waals surface area contributed by atoms with Gasteiger partial charge in [0.1, 0.15) is 18.3 Å². The molecule has 0 radical (unpaired) electrons. The molecule has 0 aromatic heterocycles. The second kappa shape index (κ2) is 72.6. The minimum atomic E-state index is -2.95. The zero-order chi connectivity index (χ0) is 76.4. The number of carbonyl (C=O) groups is 3. The predicted molar refractivity (Wildman–Crippen MR) is 399 cm³/mol. The third-order valence-electron chi connectivity index (χ3n) is 7.32. The monoisotopic (exact) mass is 1310 g/mol. The Kier molecular flexibility index (Phi) is 57.9. The molecule has 0 atom stereocenters. The van der Waals surface area contributed by atoms with Gasteiger partial charge < -0.3 is 19.3 Å². The molecule has 7 heteroatoms. The summed E-state index contributed by atoms with van der Waals surface area (Å²) in [6.07, 6.45) is 3.38. The number of carbonyl (C=O) groups excluding carboxylic acids is 3. The van der Waals surface area contributed by atoms with Crippen molar-refractivity contribution in [1.29, 1.82) is 0 Å². The summed E-state index contributed by atoms with van der Waals surface area (Å²) in [6, 6.07) is 0. The maximum atomic E-state index is 13.0. The summed E-state index contributed by atoms with van der Waals surface area (Å²) in [6.45, 7) is 5.00. The average Bonchev–Trinajstić information content (AvgIpc) is 0.840. The molecule has 452 valence electrons. The van der Waals surface area contributed by atoms with Crippen LogP contribution in [0.4, 0.5) is 0 Å². The zero-order valence-corrected chi connectivity index (χ0v) is 54.3. The van der Waals surface area contributed by atoms with Crippen LogP contribution in [-0.2, 0) is 28.6 Å². The van der Waals surface area contributed by atoms with Crippen LogP contribution in [0.15, 0.2) is 0 Å². The Hall–Kier alpha value is -21.4. The first-order chi connectivity index (χ1) is 52.4. The summed E-state index contributed by atoms with van der Waals surface area (Å²) in [7, 11) is 0. The van der Waals surface area contributed by atoms with Gasteiger partial charge in [-0.05, 0) is 163 Å². The van der Waals surface area contributed by atoms with Crippen LogP contribution in [0.5, 0.6) is 0 Å². The molecule has 0 aliphatic carbocycles. The molecule has 0 aromatic rings. The zero-order valence-electron chi connectivity index (χ0n) is 54.3. The van der Waals surface area contributed by atoms with Crippen LogP contribution in [0, 0.1) is 533 Å². The second-order valence-electron chi connectivity index (χ2n) is 14.3. The average molecular weight is 1320 g/mol. The molecule has 0 saturated heterocycles. The predicted octanol–water partition coefficient (Wildman–Crippen LogP) is 0.213. The molecule has 106 heavy (non-hydrogen) atoms. The van der Waals surface area contributed by atoms with Gasteiger partial charge in [0, 0.05) is 355 Å². The maximum Gasteiger partial charge on any atom is 0.353 e. The highest BCUT2D eigenvalue weighted by molar-refractivity contribution is 5.91. The topological polar surface area (TPSA) is 99.1 Å². The normalized spacial score (nSPS) is 4.98. The molecule has 0 amide bonds. The lowest BCUT2D eigenvalue weighted by atomic mass is 9.96. The molecule has 0 saturated carbocycles. The molecule has 0 aromatic carbocycles. The van der Waals surface area contributed by atoms with E-state index >= 15 is 0 Å². The number of ether oxygens (including phenoxy) is 3. The van der Waals surface area contributed by atoms with Crippen LogP contribution in [-0.4, -0.2) is 28.6 Å². The Morgan fingerprint density at radius 1 is 0.179 bits per heavy atom. The number of esters is 3. The lowest BCUT2D eigenvalue weighted by Crippen LogP contribution is -2.44. The van der Waals surface area contributed by atoms with Crippen LogP contribution in [0.2, 0.25) is 0 Å². The standard InChI is InChI=1S/C99H14O7/c1-4-7-10-13-16-19-22-25-28-31-34-37-40-43-46-49-52-55-58-61-64-67-70-73-76-79-82-85-88-91-104-96(100)94-99(103,98(102)106-93-90-87-84-81-78-75-72-69-66-63-60-57-54-51-48-45-42-39-36-33-30-27-24-21-18-15-12-9-6-3)95-97(101)105-92-89-86-83-80-77-74-71-68-65-62-59-56-53-50-47-44-41-38-35-32-29-26-23-20-17-14-11-8-5-2/h103H,94-95H2,1-3H3. The van der Waals surface area contributed by atoms with Crippen LogP contribution in [0.1, 0.15) is 33.6 Å². The minimum Gasteiger partial charge on any atom is -0.377 e. The molecule has 0 unspecified atom stereocenters. The molecule has 7 nitrogen and oxygen atoms in total. The van der Waals surface area contributed by atoms with E-state index < -0.39 is 36.4 Å². The van der Waals surface area contributed by atoms with Crippen molar-refractivity contribution in [2.75, 3.05) is 0 Å². The van der Waals surface area contributed by atoms with Gasteiger partial charge in [-0.3, -0.25) is 9.59 Å². The fourth-order valence-corrected chi connectivity index (χ4v) is 3.79. The third-order valence-corrected chi connectivity index (χ3v) is 7.32. The quantitative estimate of drug-likeness (QED) is 0.239. The third kappa shape index (κ3) is 67.0. The van der Waals surface area contributed by atoms with Crippen molar-refractivity contribution in [3.8, 4) is 533 Å². The maximum absolute atomic E-state index is 13.0. The Balaban J connectivity index is 5.94. The van der Waals surface area contributed by atoms with E-state index in [4.69, 9.17) is 14.2 Å². The van der Waals surface area contributed by atoms with Crippen molar-refractivity contribution in [3.63, 3.8) is 0 Å². The van der Waals surface area contributed by atoms with Crippen molar-refractivity contribution in [3.05, 3.63) is 0 Å². The minimum absolute atomic E-state index is 1.21. The van der Waals surface area contributed by atoms with E-state index in [9.17, 15) is 19.5 Å². The highest BCUT2D eigenvalue weighted by Crippen LogP contribution is 2.19. The molecular weight excluding hydrogens is 1300 g/mol. The first kappa shape index (κ1) is 84.6. The summed E-state index contributed by atoms with van der Waals surface area (Å²) in [5, 5.41) is 11.2. The summed E-state index contributed by atoms with van der Waals surface area (Å²) in [5.41, 5.74) is -2.95. The smallest absolute Gasteiger partial charge is 0.353 e. The van der Waals surface area contributed by atoms with Gasteiger partial charge in [0.15, 0.2) is 5.60 Å². The molecule has 0 heterocycles. The summed E-state index contributed by atoms with van der Waals surface area (Å²) < 4.78 is 14.2. The first-order valence-electron chi connectivity index (χ1n) is 27.0. The molecule has 0 fully saturated rings. The number of rotatable bonds is 5. The summed E-state index contributed by atoms with van der Waals surface area (Å²) in [4.78, 5) is 38.4. The van der Waals surface area contributed by atoms with Gasteiger partial charge in [-0.2, -0.15) is 0 Å². The Morgan fingerprint density at radius 3 is 0.406 bits per heavy atom. The molecule has 0 spiro atoms. The lowest BCUT2D eigenvalue weighted by molar-refractivity contribution is -0.169. The molecule has 0 bridgehead atoms. The van der Waals surface area contributed by atoms with Gasteiger partial charge in [0.05, 0.1) is 12.8 Å². The highest BCUT2D eigenvalue weighted by atomic mass is 16.6. The summed E-state index contributed by atoms with van der Waals surface area (Å²) in [5.74, 6) is 209. The highest BCUT2D eigenvalue weighted by Gasteiger charge is 2.44. The number of aliphatic hydroxyl groups is 1. The Morgan fingerprint density at radius 2 is 0.283 bits per heavy atom. The van der Waals surface area contributed by atoms with Crippen molar-refractivity contribution >= 4 is 17.9 Å².